The lowest BCUT2D eigenvalue weighted by Crippen LogP contribution is -2.11. The van der Waals surface area contributed by atoms with Crippen molar-refractivity contribution in [3.8, 4) is 33.4 Å². The van der Waals surface area contributed by atoms with Crippen molar-refractivity contribution in [3.05, 3.63) is 212 Å². The molecule has 1 heterocycles. The van der Waals surface area contributed by atoms with Crippen molar-refractivity contribution < 1.29 is 4.42 Å². The third-order valence-corrected chi connectivity index (χ3v) is 11.2. The lowest BCUT2D eigenvalue weighted by Gasteiger charge is -2.28. The first-order valence-electron chi connectivity index (χ1n) is 19.2. The van der Waals surface area contributed by atoms with Gasteiger partial charge in [-0.3, -0.25) is 0 Å². The number of furan rings is 1. The van der Waals surface area contributed by atoms with Crippen LogP contribution < -0.4 is 4.90 Å². The average Bonchev–Trinajstić information content (AvgIpc) is 3.67. The van der Waals surface area contributed by atoms with Crippen LogP contribution in [-0.2, 0) is 0 Å². The summed E-state index contributed by atoms with van der Waals surface area (Å²) < 4.78 is 6.74. The summed E-state index contributed by atoms with van der Waals surface area (Å²) in [5.74, 6) is 0. The van der Waals surface area contributed by atoms with Crippen LogP contribution in [0.4, 0.5) is 17.1 Å². The Bertz CT molecular complexity index is 3180. The maximum Gasteiger partial charge on any atom is 0.143 e. The predicted octanol–water partition coefficient (Wildman–Crippen LogP) is 15.5. The van der Waals surface area contributed by atoms with Crippen LogP contribution in [0.25, 0.3) is 87.6 Å². The van der Waals surface area contributed by atoms with Gasteiger partial charge in [-0.2, -0.15) is 0 Å². The molecular weight excluding hydrogens is 679 g/mol. The fraction of sp³-hybridized carbons (Fsp3) is 0. The number of anilines is 3. The molecule has 11 rings (SSSR count). The van der Waals surface area contributed by atoms with Gasteiger partial charge < -0.3 is 9.32 Å². The van der Waals surface area contributed by atoms with Crippen molar-refractivity contribution >= 4 is 71.3 Å². The van der Waals surface area contributed by atoms with E-state index in [2.05, 4.69) is 217 Å². The molecule has 0 aliphatic heterocycles. The van der Waals surface area contributed by atoms with Crippen LogP contribution in [0.15, 0.2) is 217 Å². The molecule has 0 N–H and O–H groups in total. The third kappa shape index (κ3) is 5.34. The van der Waals surface area contributed by atoms with Crippen LogP contribution in [0.5, 0.6) is 0 Å². The summed E-state index contributed by atoms with van der Waals surface area (Å²) >= 11 is 0. The number of nitrogens with zero attached hydrogens (tertiary/aromatic N) is 1. The van der Waals surface area contributed by atoms with Gasteiger partial charge in [0.1, 0.15) is 11.2 Å². The number of rotatable bonds is 6. The molecule has 0 spiro atoms. The third-order valence-electron chi connectivity index (χ3n) is 11.2. The van der Waals surface area contributed by atoms with Gasteiger partial charge in [0.15, 0.2) is 0 Å². The Labute approximate surface area is 325 Å². The molecule has 0 unspecified atom stereocenters. The van der Waals surface area contributed by atoms with Crippen molar-refractivity contribution in [3.63, 3.8) is 0 Å². The van der Waals surface area contributed by atoms with Gasteiger partial charge in [-0.1, -0.05) is 158 Å². The van der Waals surface area contributed by atoms with Crippen molar-refractivity contribution in [1.29, 1.82) is 0 Å². The van der Waals surface area contributed by atoms with Crippen molar-refractivity contribution in [1.82, 2.24) is 0 Å². The lowest BCUT2D eigenvalue weighted by atomic mass is 9.93. The predicted molar refractivity (Wildman–Crippen MR) is 237 cm³/mol. The van der Waals surface area contributed by atoms with E-state index in [0.29, 0.717) is 0 Å². The summed E-state index contributed by atoms with van der Waals surface area (Å²) in [7, 11) is 0. The summed E-state index contributed by atoms with van der Waals surface area (Å²) in [5, 5.41) is 9.49. The van der Waals surface area contributed by atoms with E-state index in [9.17, 15) is 0 Å². The Hall–Kier alpha value is -7.42. The number of benzene rings is 10. The highest BCUT2D eigenvalue weighted by Crippen LogP contribution is 2.46. The fourth-order valence-electron chi connectivity index (χ4n) is 8.57. The normalized spacial score (nSPS) is 11.6. The minimum absolute atomic E-state index is 0.862. The first-order valence-corrected chi connectivity index (χ1v) is 19.2. The van der Waals surface area contributed by atoms with E-state index in [-0.39, 0.29) is 0 Å². The molecule has 11 aromatic rings. The number of hydrogen-bond acceptors (Lipinski definition) is 2. The molecule has 10 aromatic carbocycles. The molecular formula is C54H35NO. The molecule has 0 aliphatic rings. The molecule has 2 nitrogen and oxygen atoms in total. The van der Waals surface area contributed by atoms with E-state index in [1.807, 2.05) is 0 Å². The van der Waals surface area contributed by atoms with Gasteiger partial charge in [-0.25, -0.2) is 0 Å². The van der Waals surface area contributed by atoms with Gasteiger partial charge in [0, 0.05) is 22.1 Å². The van der Waals surface area contributed by atoms with Crippen molar-refractivity contribution in [2.75, 3.05) is 4.90 Å². The molecule has 0 fully saturated rings. The van der Waals surface area contributed by atoms with Crippen LogP contribution in [-0.4, -0.2) is 0 Å². The minimum Gasteiger partial charge on any atom is -0.455 e. The minimum atomic E-state index is 0.862. The zero-order valence-electron chi connectivity index (χ0n) is 30.6. The van der Waals surface area contributed by atoms with E-state index >= 15 is 0 Å². The zero-order valence-corrected chi connectivity index (χ0v) is 30.6. The molecule has 0 bridgehead atoms. The molecule has 0 amide bonds. The van der Waals surface area contributed by atoms with Gasteiger partial charge in [-0.05, 0) is 115 Å². The van der Waals surface area contributed by atoms with Gasteiger partial charge >= 0.3 is 0 Å². The van der Waals surface area contributed by atoms with Gasteiger partial charge in [0.05, 0.1) is 11.1 Å². The second-order valence-electron chi connectivity index (χ2n) is 14.5. The molecule has 0 radical (unpaired) electrons. The molecule has 1 aromatic heterocycles. The quantitative estimate of drug-likeness (QED) is 0.160. The van der Waals surface area contributed by atoms with Crippen LogP contribution in [0, 0.1) is 0 Å². The molecule has 262 valence electrons. The summed E-state index contributed by atoms with van der Waals surface area (Å²) in [6.45, 7) is 0. The monoisotopic (exact) mass is 713 g/mol. The van der Waals surface area contributed by atoms with E-state index in [4.69, 9.17) is 4.42 Å². The van der Waals surface area contributed by atoms with Crippen LogP contribution in [0.3, 0.4) is 0 Å². The van der Waals surface area contributed by atoms with Crippen LogP contribution >= 0.6 is 0 Å². The van der Waals surface area contributed by atoms with Crippen LogP contribution in [0.2, 0.25) is 0 Å². The van der Waals surface area contributed by atoms with Crippen molar-refractivity contribution in [2.24, 2.45) is 0 Å². The summed E-state index contributed by atoms with van der Waals surface area (Å²) in [4.78, 5) is 2.41. The number of fused-ring (bicyclic) bond motifs is 8. The Morgan fingerprint density at radius 2 is 0.929 bits per heavy atom. The van der Waals surface area contributed by atoms with Gasteiger partial charge in [0.2, 0.25) is 0 Å². The highest BCUT2D eigenvalue weighted by molar-refractivity contribution is 6.20. The first-order chi connectivity index (χ1) is 27.8. The Kier molecular flexibility index (Phi) is 7.53. The molecule has 0 aliphatic carbocycles. The highest BCUT2D eigenvalue weighted by atomic mass is 16.3. The molecule has 2 heteroatoms. The second kappa shape index (κ2) is 13.2. The van der Waals surface area contributed by atoms with Gasteiger partial charge in [-0.15, -0.1) is 0 Å². The maximum absolute atomic E-state index is 6.74. The largest absolute Gasteiger partial charge is 0.455 e. The average molecular weight is 714 g/mol. The highest BCUT2D eigenvalue weighted by Gasteiger charge is 2.22. The summed E-state index contributed by atoms with van der Waals surface area (Å²) in [5.41, 5.74) is 12.0. The van der Waals surface area contributed by atoms with Crippen molar-refractivity contribution in [2.45, 2.75) is 0 Å². The van der Waals surface area contributed by atoms with E-state index < -0.39 is 0 Å². The molecule has 56 heavy (non-hydrogen) atoms. The maximum atomic E-state index is 6.74. The Morgan fingerprint density at radius 1 is 0.321 bits per heavy atom. The molecule has 0 saturated heterocycles. The summed E-state index contributed by atoms with van der Waals surface area (Å²) in [6.07, 6.45) is 0. The Balaban J connectivity index is 1.16. The van der Waals surface area contributed by atoms with Crippen LogP contribution in [0.1, 0.15) is 0 Å². The van der Waals surface area contributed by atoms with E-state index in [0.717, 1.165) is 60.9 Å². The molecule has 0 saturated carbocycles. The first kappa shape index (κ1) is 32.0. The number of hydrogen-bond donors (Lipinski definition) is 0. The molecule has 0 atom stereocenters. The van der Waals surface area contributed by atoms with E-state index in [1.54, 1.807) is 0 Å². The fourth-order valence-corrected chi connectivity index (χ4v) is 8.57. The Morgan fingerprint density at radius 3 is 1.64 bits per heavy atom. The standard InChI is InChI=1S/C54H35NO/c1-3-14-36(15-4-1)41-32-42(37-16-5-2-6-17-37)34-44(33-41)55(51-24-13-25-52-53(51)49-31-28-38-18-7-10-21-46(38)54(49)56-52)43-29-26-39(27-30-43)50-35-40-19-8-9-20-45(40)47-22-11-12-23-48(47)50/h1-35H. The SMILES string of the molecule is c1ccc(-c2cc(-c3ccccc3)cc(N(c3ccc(-c4cc5ccccc5c5ccccc45)cc3)c3cccc4oc5c6ccccc6ccc5c34)c2)cc1. The zero-order chi connectivity index (χ0) is 37.0. The smallest absolute Gasteiger partial charge is 0.143 e. The topological polar surface area (TPSA) is 16.4 Å². The van der Waals surface area contributed by atoms with Gasteiger partial charge in [0.25, 0.3) is 0 Å². The van der Waals surface area contributed by atoms with E-state index in [1.165, 1.54) is 43.8 Å². The summed E-state index contributed by atoms with van der Waals surface area (Å²) in [6, 6.07) is 76.5. The second-order valence-corrected chi connectivity index (χ2v) is 14.5. The lowest BCUT2D eigenvalue weighted by molar-refractivity contribution is 0.672.